The predicted molar refractivity (Wildman–Crippen MR) is 78.4 cm³/mol. The van der Waals surface area contributed by atoms with Crippen molar-refractivity contribution in [2.24, 2.45) is 0 Å². The Morgan fingerprint density at radius 2 is 2.00 bits per heavy atom. The maximum absolute atomic E-state index is 11.2. The second kappa shape index (κ2) is 6.00. The lowest BCUT2D eigenvalue weighted by atomic mass is 10.3. The Bertz CT molecular complexity index is 419. The third-order valence-electron chi connectivity index (χ3n) is 1.51. The van der Waals surface area contributed by atoms with E-state index in [4.69, 9.17) is 5.26 Å². The van der Waals surface area contributed by atoms with E-state index in [0.29, 0.717) is 0 Å². The van der Waals surface area contributed by atoms with E-state index in [0.717, 1.165) is 17.3 Å². The first-order valence-electron chi connectivity index (χ1n) is 3.86. The predicted octanol–water partition coefficient (Wildman–Crippen LogP) is 3.51. The lowest BCUT2D eigenvalue weighted by Gasteiger charge is -2.08. The summed E-state index contributed by atoms with van der Waals surface area (Å²) < 4.78 is 2.85. The van der Waals surface area contributed by atoms with Gasteiger partial charge in [0.05, 0.1) is 11.8 Å². The molecule has 1 amide bonds. The van der Waals surface area contributed by atoms with Crippen LogP contribution in [0.25, 0.3) is 0 Å². The van der Waals surface area contributed by atoms with Gasteiger partial charge in [0.1, 0.15) is 6.42 Å². The highest BCUT2D eigenvalue weighted by molar-refractivity contribution is 14.1. The summed E-state index contributed by atoms with van der Waals surface area (Å²) >= 11 is 7.65. The van der Waals surface area contributed by atoms with Crippen molar-refractivity contribution < 1.29 is 4.79 Å². The molecule has 0 aromatic heterocycles. The van der Waals surface area contributed by atoms with Gasteiger partial charge in [-0.3, -0.25) is 4.79 Å². The Morgan fingerprint density at radius 1 is 1.47 bits per heavy atom. The molecule has 0 saturated heterocycles. The lowest BCUT2D eigenvalue weighted by molar-refractivity contribution is -0.115. The monoisotopic (exact) mass is 490 g/mol. The number of hydrogen-bond donors (Lipinski definition) is 1. The Balaban J connectivity index is 2.96. The average molecular weight is 491 g/mol. The Morgan fingerprint density at radius 3 is 2.47 bits per heavy atom. The van der Waals surface area contributed by atoms with Crippen molar-refractivity contribution in [3.63, 3.8) is 0 Å². The third kappa shape index (κ3) is 3.88. The van der Waals surface area contributed by atoms with Crippen LogP contribution in [-0.4, -0.2) is 5.91 Å². The van der Waals surface area contributed by atoms with Gasteiger partial charge in [0.25, 0.3) is 0 Å². The molecule has 0 fully saturated rings. The van der Waals surface area contributed by atoms with Crippen molar-refractivity contribution in [2.45, 2.75) is 6.42 Å². The highest BCUT2D eigenvalue weighted by Crippen LogP contribution is 2.28. The van der Waals surface area contributed by atoms with Gasteiger partial charge >= 0.3 is 0 Å². The van der Waals surface area contributed by atoms with Gasteiger partial charge in [0.15, 0.2) is 0 Å². The number of anilines is 1. The van der Waals surface area contributed by atoms with Crippen molar-refractivity contribution in [2.75, 3.05) is 5.32 Å². The molecular formula is C9H5BrI2N2O. The Hall–Kier alpha value is 0.120. The number of amides is 1. The highest BCUT2D eigenvalue weighted by atomic mass is 127. The summed E-state index contributed by atoms with van der Waals surface area (Å²) in [5.74, 6) is -0.282. The average Bonchev–Trinajstić information content (AvgIpc) is 2.11. The smallest absolute Gasteiger partial charge is 0.238 e. The minimum Gasteiger partial charge on any atom is -0.323 e. The molecule has 0 spiro atoms. The van der Waals surface area contributed by atoms with E-state index in [2.05, 4.69) is 66.4 Å². The van der Waals surface area contributed by atoms with E-state index in [-0.39, 0.29) is 12.3 Å². The van der Waals surface area contributed by atoms with Gasteiger partial charge in [-0.25, -0.2) is 0 Å². The van der Waals surface area contributed by atoms with Crippen LogP contribution in [0.4, 0.5) is 5.69 Å². The van der Waals surface area contributed by atoms with E-state index in [1.807, 2.05) is 18.2 Å². The van der Waals surface area contributed by atoms with Gasteiger partial charge in [-0.05, 0) is 57.3 Å². The number of nitriles is 1. The first-order chi connectivity index (χ1) is 7.04. The number of carbonyl (C=O) groups is 1. The first kappa shape index (κ1) is 13.2. The number of rotatable bonds is 2. The highest BCUT2D eigenvalue weighted by Gasteiger charge is 2.09. The second-order valence-electron chi connectivity index (χ2n) is 2.63. The molecule has 0 radical (unpaired) electrons. The SMILES string of the molecule is N#CCC(=O)Nc1c(I)cc(Br)cc1I. The van der Waals surface area contributed by atoms with E-state index >= 15 is 0 Å². The minimum atomic E-state index is -0.282. The number of benzene rings is 1. The molecule has 1 aromatic carbocycles. The van der Waals surface area contributed by atoms with Gasteiger partial charge in [0, 0.05) is 11.6 Å². The molecule has 0 aliphatic carbocycles. The minimum absolute atomic E-state index is 0.123. The molecule has 0 bridgehead atoms. The number of halogens is 3. The maximum Gasteiger partial charge on any atom is 0.238 e. The second-order valence-corrected chi connectivity index (χ2v) is 5.87. The van der Waals surface area contributed by atoms with E-state index in [1.165, 1.54) is 0 Å². The summed E-state index contributed by atoms with van der Waals surface area (Å²) in [5.41, 5.74) is 0.764. The summed E-state index contributed by atoms with van der Waals surface area (Å²) in [5, 5.41) is 11.1. The number of carbonyl (C=O) groups excluding carboxylic acids is 1. The van der Waals surface area contributed by atoms with Gasteiger partial charge < -0.3 is 5.32 Å². The molecule has 3 nitrogen and oxygen atoms in total. The lowest BCUT2D eigenvalue weighted by Crippen LogP contribution is -2.12. The fraction of sp³-hybridized carbons (Fsp3) is 0.111. The van der Waals surface area contributed by atoms with Crippen LogP contribution in [0.15, 0.2) is 16.6 Å². The zero-order chi connectivity index (χ0) is 11.4. The molecule has 0 atom stereocenters. The number of nitrogens with zero attached hydrogens (tertiary/aromatic N) is 1. The molecule has 78 valence electrons. The molecular weight excluding hydrogens is 486 g/mol. The zero-order valence-corrected chi connectivity index (χ0v) is 13.3. The third-order valence-corrected chi connectivity index (χ3v) is 3.67. The Labute approximate surface area is 123 Å². The molecule has 1 N–H and O–H groups in total. The van der Waals surface area contributed by atoms with E-state index in [9.17, 15) is 4.79 Å². The Kier molecular flexibility index (Phi) is 5.28. The van der Waals surface area contributed by atoms with Crippen molar-refractivity contribution in [3.05, 3.63) is 23.7 Å². The van der Waals surface area contributed by atoms with Crippen LogP contribution in [0.3, 0.4) is 0 Å². The fourth-order valence-corrected chi connectivity index (χ4v) is 4.27. The molecule has 1 rings (SSSR count). The fourth-order valence-electron chi connectivity index (χ4n) is 0.917. The normalized spacial score (nSPS) is 9.47. The molecule has 0 aliphatic heterocycles. The van der Waals surface area contributed by atoms with Crippen molar-refractivity contribution in [1.82, 2.24) is 0 Å². The summed E-state index contributed by atoms with van der Waals surface area (Å²) in [6.45, 7) is 0. The van der Waals surface area contributed by atoms with Gasteiger partial charge in [-0.15, -0.1) is 0 Å². The number of hydrogen-bond acceptors (Lipinski definition) is 2. The molecule has 1 aromatic rings. The quantitative estimate of drug-likeness (QED) is 0.645. The van der Waals surface area contributed by atoms with Crippen molar-refractivity contribution >= 4 is 72.7 Å². The molecule has 15 heavy (non-hydrogen) atoms. The van der Waals surface area contributed by atoms with Crippen molar-refractivity contribution in [3.8, 4) is 6.07 Å². The van der Waals surface area contributed by atoms with E-state index in [1.54, 1.807) is 0 Å². The van der Waals surface area contributed by atoms with Gasteiger partial charge in [0.2, 0.25) is 5.91 Å². The summed E-state index contributed by atoms with van der Waals surface area (Å²) in [7, 11) is 0. The van der Waals surface area contributed by atoms with Crippen LogP contribution in [0, 0.1) is 18.5 Å². The largest absolute Gasteiger partial charge is 0.323 e. The van der Waals surface area contributed by atoms with Crippen LogP contribution in [0.5, 0.6) is 0 Å². The first-order valence-corrected chi connectivity index (χ1v) is 6.81. The van der Waals surface area contributed by atoms with Crippen LogP contribution in [0.1, 0.15) is 6.42 Å². The summed E-state index contributed by atoms with van der Waals surface area (Å²) in [6.07, 6.45) is -0.123. The summed E-state index contributed by atoms with van der Waals surface area (Å²) in [4.78, 5) is 11.2. The molecule has 0 unspecified atom stereocenters. The van der Waals surface area contributed by atoms with Crippen molar-refractivity contribution in [1.29, 1.82) is 5.26 Å². The maximum atomic E-state index is 11.2. The molecule has 0 aliphatic rings. The molecule has 6 heteroatoms. The molecule has 0 heterocycles. The van der Waals surface area contributed by atoms with Crippen LogP contribution < -0.4 is 5.32 Å². The standard InChI is InChI=1S/C9H5BrI2N2O/c10-5-3-6(11)9(7(12)4-5)14-8(15)1-2-13/h3-4H,1H2,(H,14,15). The van der Waals surface area contributed by atoms with Crippen LogP contribution >= 0.6 is 61.1 Å². The van der Waals surface area contributed by atoms with Crippen LogP contribution in [-0.2, 0) is 4.79 Å². The zero-order valence-electron chi connectivity index (χ0n) is 7.35. The summed E-state index contributed by atoms with van der Waals surface area (Å²) in [6, 6.07) is 5.63. The van der Waals surface area contributed by atoms with Crippen LogP contribution in [0.2, 0.25) is 0 Å². The number of nitrogens with one attached hydrogen (secondary N) is 1. The molecule has 0 saturated carbocycles. The van der Waals surface area contributed by atoms with E-state index < -0.39 is 0 Å². The van der Waals surface area contributed by atoms with Gasteiger partial charge in [-0.1, -0.05) is 15.9 Å². The van der Waals surface area contributed by atoms with Gasteiger partial charge in [-0.2, -0.15) is 5.26 Å². The topological polar surface area (TPSA) is 52.9 Å².